The van der Waals surface area contributed by atoms with Crippen molar-refractivity contribution in [3.63, 3.8) is 0 Å². The summed E-state index contributed by atoms with van der Waals surface area (Å²) in [6.45, 7) is 6.21. The highest BCUT2D eigenvalue weighted by Crippen LogP contribution is 2.46. The standard InChI is InChI=1S/C17H23N5O/c1-10(2)22-13-6-7-18-8-12(13)16(21-22)14-15(11-4-5-11)19-9-20-17(14)23-3/h9-11,18H,4-8H2,1-3H3. The average Bonchev–Trinajstić information content (AvgIpc) is 3.34. The van der Waals surface area contributed by atoms with Gasteiger partial charge in [-0.25, -0.2) is 9.97 Å². The van der Waals surface area contributed by atoms with Crippen LogP contribution in [0.2, 0.25) is 0 Å². The van der Waals surface area contributed by atoms with Crippen molar-refractivity contribution in [2.24, 2.45) is 0 Å². The summed E-state index contributed by atoms with van der Waals surface area (Å²) < 4.78 is 7.72. The lowest BCUT2D eigenvalue weighted by Gasteiger charge is -2.17. The Morgan fingerprint density at radius 2 is 2.13 bits per heavy atom. The Kier molecular flexibility index (Phi) is 3.56. The van der Waals surface area contributed by atoms with Crippen molar-refractivity contribution in [2.75, 3.05) is 13.7 Å². The number of methoxy groups -OCH3 is 1. The van der Waals surface area contributed by atoms with Gasteiger partial charge in [0.2, 0.25) is 5.88 Å². The summed E-state index contributed by atoms with van der Waals surface area (Å²) in [5, 5.41) is 8.43. The summed E-state index contributed by atoms with van der Waals surface area (Å²) >= 11 is 0. The zero-order chi connectivity index (χ0) is 16.0. The lowest BCUT2D eigenvalue weighted by atomic mass is 10.00. The molecule has 6 heteroatoms. The molecule has 6 nitrogen and oxygen atoms in total. The van der Waals surface area contributed by atoms with E-state index in [-0.39, 0.29) is 0 Å². The second kappa shape index (κ2) is 5.60. The summed E-state index contributed by atoms with van der Waals surface area (Å²) in [5.41, 5.74) is 5.71. The van der Waals surface area contributed by atoms with Crippen molar-refractivity contribution in [3.05, 3.63) is 23.3 Å². The van der Waals surface area contributed by atoms with Crippen LogP contribution in [0.25, 0.3) is 11.3 Å². The molecule has 1 aliphatic heterocycles. The summed E-state index contributed by atoms with van der Waals surface area (Å²) in [7, 11) is 1.67. The molecule has 4 rings (SSSR count). The molecule has 1 aliphatic carbocycles. The minimum atomic E-state index is 0.343. The molecule has 0 aromatic carbocycles. The van der Waals surface area contributed by atoms with Gasteiger partial charge in [0.25, 0.3) is 0 Å². The van der Waals surface area contributed by atoms with E-state index < -0.39 is 0 Å². The molecule has 0 saturated heterocycles. The van der Waals surface area contributed by atoms with Crippen molar-refractivity contribution in [1.29, 1.82) is 0 Å². The van der Waals surface area contributed by atoms with Gasteiger partial charge in [-0.1, -0.05) is 0 Å². The molecule has 1 fully saturated rings. The smallest absolute Gasteiger partial charge is 0.226 e. The van der Waals surface area contributed by atoms with E-state index in [0.717, 1.165) is 36.5 Å². The van der Waals surface area contributed by atoms with Crippen LogP contribution in [-0.4, -0.2) is 33.4 Å². The maximum absolute atomic E-state index is 5.56. The van der Waals surface area contributed by atoms with Gasteiger partial charge in [0.15, 0.2) is 0 Å². The fourth-order valence-corrected chi connectivity index (χ4v) is 3.43. The SMILES string of the molecule is COc1ncnc(C2CC2)c1-c1nn(C(C)C)c2c1CNCC2. The van der Waals surface area contributed by atoms with Gasteiger partial charge in [-0.3, -0.25) is 4.68 Å². The van der Waals surface area contributed by atoms with Gasteiger partial charge in [0.05, 0.1) is 18.4 Å². The first-order valence-electron chi connectivity index (χ1n) is 8.41. The van der Waals surface area contributed by atoms with Gasteiger partial charge in [0.1, 0.15) is 12.0 Å². The molecule has 2 aromatic heterocycles. The molecule has 0 radical (unpaired) electrons. The number of rotatable bonds is 4. The van der Waals surface area contributed by atoms with E-state index in [4.69, 9.17) is 9.84 Å². The molecule has 1 saturated carbocycles. The maximum atomic E-state index is 5.56. The third-order valence-electron chi connectivity index (χ3n) is 4.68. The molecule has 0 amide bonds. The van der Waals surface area contributed by atoms with Crippen LogP contribution in [0.1, 0.15) is 55.6 Å². The van der Waals surface area contributed by atoms with Crippen molar-refractivity contribution in [3.8, 4) is 17.1 Å². The zero-order valence-electron chi connectivity index (χ0n) is 14.0. The molecule has 2 aromatic rings. The van der Waals surface area contributed by atoms with E-state index in [0.29, 0.717) is 17.8 Å². The molecule has 122 valence electrons. The molecular weight excluding hydrogens is 290 g/mol. The Labute approximate surface area is 136 Å². The first-order chi connectivity index (χ1) is 11.2. The second-order valence-electron chi connectivity index (χ2n) is 6.66. The quantitative estimate of drug-likeness (QED) is 0.939. The molecule has 1 N–H and O–H groups in total. The first-order valence-corrected chi connectivity index (χ1v) is 8.41. The third kappa shape index (κ3) is 2.41. The summed E-state index contributed by atoms with van der Waals surface area (Å²) in [4.78, 5) is 8.91. The molecule has 3 heterocycles. The summed E-state index contributed by atoms with van der Waals surface area (Å²) in [5.74, 6) is 1.17. The van der Waals surface area contributed by atoms with Gasteiger partial charge in [-0.2, -0.15) is 5.10 Å². The van der Waals surface area contributed by atoms with Crippen LogP contribution < -0.4 is 10.1 Å². The van der Waals surface area contributed by atoms with Gasteiger partial charge in [-0.15, -0.1) is 0 Å². The maximum Gasteiger partial charge on any atom is 0.226 e. The van der Waals surface area contributed by atoms with Crippen LogP contribution in [0, 0.1) is 0 Å². The van der Waals surface area contributed by atoms with Gasteiger partial charge in [-0.05, 0) is 26.7 Å². The number of ether oxygens (including phenoxy) is 1. The molecule has 0 unspecified atom stereocenters. The second-order valence-corrected chi connectivity index (χ2v) is 6.66. The van der Waals surface area contributed by atoms with Crippen LogP contribution in [0.4, 0.5) is 0 Å². The zero-order valence-corrected chi connectivity index (χ0v) is 14.0. The number of fused-ring (bicyclic) bond motifs is 1. The van der Waals surface area contributed by atoms with E-state index in [1.54, 1.807) is 13.4 Å². The highest BCUT2D eigenvalue weighted by Gasteiger charge is 2.33. The Hall–Kier alpha value is -1.95. The Balaban J connectivity index is 1.94. The first kappa shape index (κ1) is 14.6. The van der Waals surface area contributed by atoms with E-state index in [1.165, 1.54) is 24.1 Å². The minimum absolute atomic E-state index is 0.343. The van der Waals surface area contributed by atoms with E-state index in [9.17, 15) is 0 Å². The summed E-state index contributed by atoms with van der Waals surface area (Å²) in [6, 6.07) is 0.343. The van der Waals surface area contributed by atoms with Crippen molar-refractivity contribution in [1.82, 2.24) is 25.1 Å². The molecule has 23 heavy (non-hydrogen) atoms. The molecule has 2 aliphatic rings. The predicted molar refractivity (Wildman–Crippen MR) is 87.6 cm³/mol. The third-order valence-corrected chi connectivity index (χ3v) is 4.68. The molecule has 0 bridgehead atoms. The van der Waals surface area contributed by atoms with Crippen LogP contribution in [-0.2, 0) is 13.0 Å². The largest absolute Gasteiger partial charge is 0.480 e. The van der Waals surface area contributed by atoms with E-state index in [2.05, 4.69) is 33.8 Å². The van der Waals surface area contributed by atoms with Crippen LogP contribution in [0.15, 0.2) is 6.33 Å². The Bertz CT molecular complexity index is 733. The van der Waals surface area contributed by atoms with Crippen molar-refractivity contribution < 1.29 is 4.74 Å². The van der Waals surface area contributed by atoms with Crippen molar-refractivity contribution >= 4 is 0 Å². The van der Waals surface area contributed by atoms with Gasteiger partial charge < -0.3 is 10.1 Å². The number of hydrogen-bond acceptors (Lipinski definition) is 5. The van der Waals surface area contributed by atoms with Crippen LogP contribution in [0.5, 0.6) is 5.88 Å². The fraction of sp³-hybridized carbons (Fsp3) is 0.588. The fourth-order valence-electron chi connectivity index (χ4n) is 3.43. The van der Waals surface area contributed by atoms with Crippen LogP contribution in [0.3, 0.4) is 0 Å². The Morgan fingerprint density at radius 1 is 1.30 bits per heavy atom. The van der Waals surface area contributed by atoms with Crippen LogP contribution >= 0.6 is 0 Å². The molecular formula is C17H23N5O. The number of nitrogens with zero attached hydrogens (tertiary/aromatic N) is 4. The number of hydrogen-bond donors (Lipinski definition) is 1. The highest BCUT2D eigenvalue weighted by atomic mass is 16.5. The summed E-state index contributed by atoms with van der Waals surface area (Å²) in [6.07, 6.45) is 5.01. The van der Waals surface area contributed by atoms with Crippen molar-refractivity contribution in [2.45, 2.75) is 51.6 Å². The molecule has 0 atom stereocenters. The molecule has 0 spiro atoms. The topological polar surface area (TPSA) is 64.9 Å². The predicted octanol–water partition coefficient (Wildman–Crippen LogP) is 2.45. The Morgan fingerprint density at radius 3 is 2.83 bits per heavy atom. The monoisotopic (exact) mass is 313 g/mol. The number of aromatic nitrogens is 4. The normalized spacial score (nSPS) is 17.4. The average molecular weight is 313 g/mol. The highest BCUT2D eigenvalue weighted by molar-refractivity contribution is 5.72. The number of nitrogens with one attached hydrogen (secondary N) is 1. The lowest BCUT2D eigenvalue weighted by Crippen LogP contribution is -2.25. The van der Waals surface area contributed by atoms with E-state index >= 15 is 0 Å². The minimum Gasteiger partial charge on any atom is -0.480 e. The van der Waals surface area contributed by atoms with Gasteiger partial charge >= 0.3 is 0 Å². The van der Waals surface area contributed by atoms with Gasteiger partial charge in [0, 0.05) is 42.7 Å². The lowest BCUT2D eigenvalue weighted by molar-refractivity contribution is 0.397. The van der Waals surface area contributed by atoms with E-state index in [1.807, 2.05) is 0 Å².